The van der Waals surface area contributed by atoms with E-state index >= 15 is 0 Å². The standard InChI is InChI=1S/C26H30O2/c1-5-25(3,21-13-9-7-10-14-21)28-24-19-17-22(18-20-24)26(4,6-2)27-23-15-11-8-12-16-23/h7-20H,5-6H2,1-4H3. The third-order valence-corrected chi connectivity index (χ3v) is 5.63. The van der Waals surface area contributed by atoms with Gasteiger partial charge in [0.05, 0.1) is 0 Å². The predicted molar refractivity (Wildman–Crippen MR) is 116 cm³/mol. The minimum Gasteiger partial charge on any atom is -0.483 e. The van der Waals surface area contributed by atoms with Crippen LogP contribution in [0.5, 0.6) is 11.5 Å². The minimum atomic E-state index is -0.382. The number of hydrogen-bond donors (Lipinski definition) is 0. The molecule has 0 bridgehead atoms. The molecule has 0 aliphatic heterocycles. The third kappa shape index (κ3) is 4.39. The number of ether oxygens (including phenoxy) is 2. The van der Waals surface area contributed by atoms with Gasteiger partial charge in [-0.05, 0) is 62.1 Å². The Balaban J connectivity index is 1.80. The van der Waals surface area contributed by atoms with Crippen LogP contribution in [0, 0.1) is 0 Å². The Hall–Kier alpha value is -2.74. The first-order valence-electron chi connectivity index (χ1n) is 10.1. The predicted octanol–water partition coefficient (Wildman–Crippen LogP) is 7.10. The Morgan fingerprint density at radius 1 is 0.536 bits per heavy atom. The van der Waals surface area contributed by atoms with E-state index in [1.807, 2.05) is 36.4 Å². The largest absolute Gasteiger partial charge is 0.483 e. The maximum Gasteiger partial charge on any atom is 0.131 e. The summed E-state index contributed by atoms with van der Waals surface area (Å²) in [6, 6.07) is 28.7. The molecule has 2 heteroatoms. The van der Waals surface area contributed by atoms with Gasteiger partial charge in [0.2, 0.25) is 0 Å². The molecule has 28 heavy (non-hydrogen) atoms. The van der Waals surface area contributed by atoms with Gasteiger partial charge >= 0.3 is 0 Å². The molecule has 146 valence electrons. The number of hydrogen-bond acceptors (Lipinski definition) is 2. The van der Waals surface area contributed by atoms with E-state index in [9.17, 15) is 0 Å². The molecule has 0 fully saturated rings. The summed E-state index contributed by atoms with van der Waals surface area (Å²) < 4.78 is 12.7. The molecule has 0 aliphatic carbocycles. The molecule has 3 aromatic rings. The van der Waals surface area contributed by atoms with E-state index in [1.54, 1.807) is 0 Å². The lowest BCUT2D eigenvalue weighted by molar-refractivity contribution is 0.0788. The highest BCUT2D eigenvalue weighted by Gasteiger charge is 2.29. The summed E-state index contributed by atoms with van der Waals surface area (Å²) in [4.78, 5) is 0. The molecule has 0 radical (unpaired) electrons. The Bertz CT molecular complexity index is 858. The van der Waals surface area contributed by atoms with Gasteiger partial charge in [0.15, 0.2) is 0 Å². The van der Waals surface area contributed by atoms with E-state index < -0.39 is 0 Å². The van der Waals surface area contributed by atoms with Gasteiger partial charge in [-0.2, -0.15) is 0 Å². The monoisotopic (exact) mass is 374 g/mol. The van der Waals surface area contributed by atoms with Crippen molar-refractivity contribution in [2.75, 3.05) is 0 Å². The molecule has 2 atom stereocenters. The lowest BCUT2D eigenvalue weighted by atomic mass is 9.92. The van der Waals surface area contributed by atoms with Gasteiger partial charge in [0.1, 0.15) is 22.7 Å². The highest BCUT2D eigenvalue weighted by atomic mass is 16.5. The van der Waals surface area contributed by atoms with Crippen LogP contribution in [0.2, 0.25) is 0 Å². The summed E-state index contributed by atoms with van der Waals surface area (Å²) in [7, 11) is 0. The first-order chi connectivity index (χ1) is 13.5. The van der Waals surface area contributed by atoms with Crippen molar-refractivity contribution in [1.82, 2.24) is 0 Å². The van der Waals surface area contributed by atoms with Crippen LogP contribution < -0.4 is 9.47 Å². The fraction of sp³-hybridized carbons (Fsp3) is 0.308. The summed E-state index contributed by atoms with van der Waals surface area (Å²) >= 11 is 0. The Morgan fingerprint density at radius 2 is 0.929 bits per heavy atom. The second-order valence-corrected chi connectivity index (χ2v) is 7.58. The molecule has 0 aliphatic rings. The number of benzene rings is 3. The van der Waals surface area contributed by atoms with E-state index in [1.165, 1.54) is 5.56 Å². The summed E-state index contributed by atoms with van der Waals surface area (Å²) in [6.45, 7) is 8.58. The maximum absolute atomic E-state index is 6.42. The van der Waals surface area contributed by atoms with Crippen molar-refractivity contribution >= 4 is 0 Å². The fourth-order valence-electron chi connectivity index (χ4n) is 3.35. The second kappa shape index (κ2) is 8.52. The SMILES string of the molecule is CCC(C)(Oc1ccc(C(C)(CC)Oc2ccccc2)cc1)c1ccccc1. The lowest BCUT2D eigenvalue weighted by Gasteiger charge is -2.32. The quantitative estimate of drug-likeness (QED) is 0.419. The van der Waals surface area contributed by atoms with Gasteiger partial charge in [-0.25, -0.2) is 0 Å². The van der Waals surface area contributed by atoms with Gasteiger partial charge < -0.3 is 9.47 Å². The van der Waals surface area contributed by atoms with Crippen LogP contribution in [0.25, 0.3) is 0 Å². The average molecular weight is 375 g/mol. The number of para-hydroxylation sites is 1. The highest BCUT2D eigenvalue weighted by molar-refractivity contribution is 5.34. The first-order valence-corrected chi connectivity index (χ1v) is 10.1. The minimum absolute atomic E-state index is 0.350. The summed E-state index contributed by atoms with van der Waals surface area (Å²) in [5.74, 6) is 1.75. The van der Waals surface area contributed by atoms with Crippen molar-refractivity contribution in [2.45, 2.75) is 51.7 Å². The topological polar surface area (TPSA) is 18.5 Å². The van der Waals surface area contributed by atoms with Gasteiger partial charge in [0.25, 0.3) is 0 Å². The van der Waals surface area contributed by atoms with Gasteiger partial charge in [0, 0.05) is 0 Å². The van der Waals surface area contributed by atoms with E-state index in [4.69, 9.17) is 9.47 Å². The molecule has 2 unspecified atom stereocenters. The van der Waals surface area contributed by atoms with Crippen LogP contribution in [0.15, 0.2) is 84.9 Å². The summed E-state index contributed by atoms with van der Waals surface area (Å²) in [6.07, 6.45) is 1.77. The molecular weight excluding hydrogens is 344 g/mol. The van der Waals surface area contributed by atoms with Crippen LogP contribution >= 0.6 is 0 Å². The normalized spacial score (nSPS) is 15.3. The zero-order chi connectivity index (χ0) is 20.0. The summed E-state index contributed by atoms with van der Waals surface area (Å²) in [5.41, 5.74) is 1.60. The zero-order valence-electron chi connectivity index (χ0n) is 17.3. The zero-order valence-corrected chi connectivity index (χ0v) is 17.3. The van der Waals surface area contributed by atoms with Crippen LogP contribution in [0.3, 0.4) is 0 Å². The van der Waals surface area contributed by atoms with Crippen LogP contribution in [-0.4, -0.2) is 0 Å². The van der Waals surface area contributed by atoms with Gasteiger partial charge in [-0.15, -0.1) is 0 Å². The molecule has 0 aromatic heterocycles. The van der Waals surface area contributed by atoms with Crippen molar-refractivity contribution in [3.8, 4) is 11.5 Å². The van der Waals surface area contributed by atoms with Crippen molar-refractivity contribution in [1.29, 1.82) is 0 Å². The van der Waals surface area contributed by atoms with E-state index in [0.29, 0.717) is 0 Å². The lowest BCUT2D eigenvalue weighted by Crippen LogP contribution is -2.29. The van der Waals surface area contributed by atoms with Crippen molar-refractivity contribution in [2.24, 2.45) is 0 Å². The van der Waals surface area contributed by atoms with Crippen molar-refractivity contribution in [3.05, 3.63) is 96.1 Å². The molecular formula is C26H30O2. The molecule has 0 N–H and O–H groups in total. The van der Waals surface area contributed by atoms with E-state index in [0.717, 1.165) is 29.9 Å². The molecule has 0 spiro atoms. The third-order valence-electron chi connectivity index (χ3n) is 5.63. The summed E-state index contributed by atoms with van der Waals surface area (Å²) in [5, 5.41) is 0. The Morgan fingerprint density at radius 3 is 1.39 bits per heavy atom. The van der Waals surface area contributed by atoms with E-state index in [2.05, 4.69) is 76.2 Å². The Kier molecular flexibility index (Phi) is 6.08. The maximum atomic E-state index is 6.42. The molecule has 2 nitrogen and oxygen atoms in total. The molecule has 0 amide bonds. The van der Waals surface area contributed by atoms with Crippen LogP contribution in [0.4, 0.5) is 0 Å². The van der Waals surface area contributed by atoms with Crippen LogP contribution in [0.1, 0.15) is 51.7 Å². The average Bonchev–Trinajstić information content (AvgIpc) is 2.75. The van der Waals surface area contributed by atoms with E-state index in [-0.39, 0.29) is 11.2 Å². The van der Waals surface area contributed by atoms with Gasteiger partial charge in [-0.3, -0.25) is 0 Å². The van der Waals surface area contributed by atoms with Gasteiger partial charge in [-0.1, -0.05) is 74.5 Å². The Labute approximate surface area is 169 Å². The molecule has 3 aromatic carbocycles. The first kappa shape index (κ1) is 20.0. The van der Waals surface area contributed by atoms with Crippen molar-refractivity contribution < 1.29 is 9.47 Å². The fourth-order valence-corrected chi connectivity index (χ4v) is 3.35. The molecule has 0 saturated heterocycles. The van der Waals surface area contributed by atoms with Crippen molar-refractivity contribution in [3.63, 3.8) is 0 Å². The molecule has 0 heterocycles. The smallest absolute Gasteiger partial charge is 0.131 e. The number of rotatable bonds is 8. The second-order valence-electron chi connectivity index (χ2n) is 7.58. The van der Waals surface area contributed by atoms with Crippen LogP contribution in [-0.2, 0) is 11.2 Å². The molecule has 3 rings (SSSR count). The highest BCUT2D eigenvalue weighted by Crippen LogP contribution is 2.35. The molecule has 0 saturated carbocycles.